The summed E-state index contributed by atoms with van der Waals surface area (Å²) in [4.78, 5) is 0. The van der Waals surface area contributed by atoms with Gasteiger partial charge < -0.3 is 5.32 Å². The van der Waals surface area contributed by atoms with E-state index in [0.717, 1.165) is 18.5 Å². The highest BCUT2D eigenvalue weighted by atomic mass is 32.2. The van der Waals surface area contributed by atoms with Gasteiger partial charge in [-0.2, -0.15) is 0 Å². The van der Waals surface area contributed by atoms with Crippen LogP contribution in [0.2, 0.25) is 0 Å². The summed E-state index contributed by atoms with van der Waals surface area (Å²) in [5.74, 6) is 0. The average molecular weight is 283 g/mol. The van der Waals surface area contributed by atoms with Crippen molar-refractivity contribution < 1.29 is 8.42 Å². The third-order valence-corrected chi connectivity index (χ3v) is 5.27. The van der Waals surface area contributed by atoms with E-state index in [2.05, 4.69) is 38.2 Å². The zero-order valence-corrected chi connectivity index (χ0v) is 13.3. The standard InChI is InChI=1S/C15H25NO2S/c1-6-9-16-15(13(4)19(5,17)18)14-8-7-11(2)12(3)10-14/h7-8,10,13,15-16H,6,9H2,1-5H3. The van der Waals surface area contributed by atoms with Gasteiger partial charge in [0.15, 0.2) is 9.84 Å². The number of sulfone groups is 1. The molecule has 3 nitrogen and oxygen atoms in total. The predicted molar refractivity (Wildman–Crippen MR) is 81.3 cm³/mol. The summed E-state index contributed by atoms with van der Waals surface area (Å²) >= 11 is 0. The molecule has 2 unspecified atom stereocenters. The molecule has 0 radical (unpaired) electrons. The molecule has 0 spiro atoms. The number of hydrogen-bond donors (Lipinski definition) is 1. The van der Waals surface area contributed by atoms with Crippen LogP contribution in [0.4, 0.5) is 0 Å². The molecule has 0 saturated carbocycles. The summed E-state index contributed by atoms with van der Waals surface area (Å²) < 4.78 is 23.6. The SMILES string of the molecule is CCCNC(c1ccc(C)c(C)c1)C(C)S(C)(=O)=O. The number of aryl methyl sites for hydroxylation is 2. The summed E-state index contributed by atoms with van der Waals surface area (Å²) in [5, 5.41) is 2.93. The number of hydrogen-bond acceptors (Lipinski definition) is 3. The lowest BCUT2D eigenvalue weighted by atomic mass is 9.99. The maximum atomic E-state index is 11.8. The third kappa shape index (κ3) is 4.32. The van der Waals surface area contributed by atoms with E-state index in [1.807, 2.05) is 6.07 Å². The monoisotopic (exact) mass is 283 g/mol. The molecule has 1 aromatic carbocycles. The first-order chi connectivity index (χ1) is 8.77. The van der Waals surface area contributed by atoms with Crippen molar-refractivity contribution in [3.05, 3.63) is 34.9 Å². The fourth-order valence-electron chi connectivity index (χ4n) is 2.06. The van der Waals surface area contributed by atoms with E-state index >= 15 is 0 Å². The van der Waals surface area contributed by atoms with Crippen LogP contribution < -0.4 is 5.32 Å². The highest BCUT2D eigenvalue weighted by Gasteiger charge is 2.26. The Hall–Kier alpha value is -0.870. The van der Waals surface area contributed by atoms with Gasteiger partial charge in [0.05, 0.1) is 5.25 Å². The predicted octanol–water partition coefficient (Wildman–Crippen LogP) is 2.78. The van der Waals surface area contributed by atoms with Crippen molar-refractivity contribution in [2.24, 2.45) is 0 Å². The maximum absolute atomic E-state index is 11.8. The molecule has 0 saturated heterocycles. The van der Waals surface area contributed by atoms with Crippen LogP contribution in [0.5, 0.6) is 0 Å². The molecular formula is C15H25NO2S. The highest BCUT2D eigenvalue weighted by Crippen LogP contribution is 2.24. The van der Waals surface area contributed by atoms with Gasteiger partial charge >= 0.3 is 0 Å². The molecule has 1 rings (SSSR count). The Morgan fingerprint density at radius 2 is 1.84 bits per heavy atom. The van der Waals surface area contributed by atoms with Gasteiger partial charge in [0.1, 0.15) is 0 Å². The van der Waals surface area contributed by atoms with Gasteiger partial charge in [-0.25, -0.2) is 8.42 Å². The molecule has 0 amide bonds. The Balaban J connectivity index is 3.12. The molecule has 1 N–H and O–H groups in total. The zero-order valence-electron chi connectivity index (χ0n) is 12.5. The largest absolute Gasteiger partial charge is 0.309 e. The fourth-order valence-corrected chi connectivity index (χ4v) is 2.81. The van der Waals surface area contributed by atoms with E-state index in [1.165, 1.54) is 17.4 Å². The first kappa shape index (κ1) is 16.2. The van der Waals surface area contributed by atoms with Crippen LogP contribution in [0.1, 0.15) is 43.0 Å². The summed E-state index contributed by atoms with van der Waals surface area (Å²) in [6.45, 7) is 8.79. The van der Waals surface area contributed by atoms with Gasteiger partial charge in [-0.1, -0.05) is 25.1 Å². The Bertz CT molecular complexity index is 523. The lowest BCUT2D eigenvalue weighted by molar-refractivity contribution is 0.500. The lowest BCUT2D eigenvalue weighted by Crippen LogP contribution is -2.35. The molecule has 0 heterocycles. The Labute approximate surface area is 117 Å². The van der Waals surface area contributed by atoms with Gasteiger partial charge in [-0.05, 0) is 50.4 Å². The van der Waals surface area contributed by atoms with Crippen molar-refractivity contribution in [2.75, 3.05) is 12.8 Å². The second-order valence-electron chi connectivity index (χ2n) is 5.31. The maximum Gasteiger partial charge on any atom is 0.151 e. The molecule has 0 aliphatic heterocycles. The molecule has 0 fully saturated rings. The van der Waals surface area contributed by atoms with Gasteiger partial charge in [-0.15, -0.1) is 0 Å². The van der Waals surface area contributed by atoms with Crippen LogP contribution in [0, 0.1) is 13.8 Å². The van der Waals surface area contributed by atoms with E-state index < -0.39 is 15.1 Å². The van der Waals surface area contributed by atoms with Crippen molar-refractivity contribution in [3.8, 4) is 0 Å². The topological polar surface area (TPSA) is 46.2 Å². The second-order valence-corrected chi connectivity index (χ2v) is 7.71. The molecule has 108 valence electrons. The Morgan fingerprint density at radius 3 is 2.32 bits per heavy atom. The Kier molecular flexibility index (Phi) is 5.56. The summed E-state index contributed by atoms with van der Waals surface area (Å²) in [6.07, 6.45) is 2.29. The van der Waals surface area contributed by atoms with Crippen molar-refractivity contribution in [1.82, 2.24) is 5.32 Å². The number of nitrogens with one attached hydrogen (secondary N) is 1. The first-order valence-corrected chi connectivity index (χ1v) is 8.72. The van der Waals surface area contributed by atoms with E-state index in [4.69, 9.17) is 0 Å². The molecular weight excluding hydrogens is 258 g/mol. The van der Waals surface area contributed by atoms with Crippen LogP contribution in [0.3, 0.4) is 0 Å². The molecule has 19 heavy (non-hydrogen) atoms. The first-order valence-electron chi connectivity index (χ1n) is 6.76. The lowest BCUT2D eigenvalue weighted by Gasteiger charge is -2.25. The zero-order chi connectivity index (χ0) is 14.6. The summed E-state index contributed by atoms with van der Waals surface area (Å²) in [5.41, 5.74) is 3.47. The van der Waals surface area contributed by atoms with Gasteiger partial charge in [0.25, 0.3) is 0 Å². The molecule has 0 aromatic heterocycles. The smallest absolute Gasteiger partial charge is 0.151 e. The fraction of sp³-hybridized carbons (Fsp3) is 0.600. The van der Waals surface area contributed by atoms with E-state index in [0.29, 0.717) is 0 Å². The highest BCUT2D eigenvalue weighted by molar-refractivity contribution is 7.91. The molecule has 1 aromatic rings. The molecule has 0 aliphatic rings. The minimum Gasteiger partial charge on any atom is -0.309 e. The minimum absolute atomic E-state index is 0.144. The van der Waals surface area contributed by atoms with Crippen LogP contribution >= 0.6 is 0 Å². The number of rotatable bonds is 6. The number of benzene rings is 1. The minimum atomic E-state index is -3.07. The summed E-state index contributed by atoms with van der Waals surface area (Å²) in [6, 6.07) is 6.02. The van der Waals surface area contributed by atoms with Crippen LogP contribution in [-0.4, -0.2) is 26.5 Å². The normalized spacial score (nSPS) is 15.2. The third-order valence-electron chi connectivity index (χ3n) is 3.65. The van der Waals surface area contributed by atoms with E-state index in [-0.39, 0.29) is 6.04 Å². The van der Waals surface area contributed by atoms with Gasteiger partial charge in [0.2, 0.25) is 0 Å². The molecule has 0 aliphatic carbocycles. The quantitative estimate of drug-likeness (QED) is 0.873. The van der Waals surface area contributed by atoms with E-state index in [9.17, 15) is 8.42 Å². The molecule has 4 heteroatoms. The average Bonchev–Trinajstić information content (AvgIpc) is 2.32. The van der Waals surface area contributed by atoms with Crippen molar-refractivity contribution in [1.29, 1.82) is 0 Å². The van der Waals surface area contributed by atoms with Crippen molar-refractivity contribution in [2.45, 2.75) is 45.4 Å². The van der Waals surface area contributed by atoms with Gasteiger partial charge in [-0.3, -0.25) is 0 Å². The molecule has 2 atom stereocenters. The second kappa shape index (κ2) is 6.53. The Morgan fingerprint density at radius 1 is 1.21 bits per heavy atom. The van der Waals surface area contributed by atoms with Crippen molar-refractivity contribution in [3.63, 3.8) is 0 Å². The summed E-state index contributed by atoms with van der Waals surface area (Å²) in [7, 11) is -3.07. The van der Waals surface area contributed by atoms with Crippen LogP contribution in [-0.2, 0) is 9.84 Å². The molecule has 0 bridgehead atoms. The van der Waals surface area contributed by atoms with Crippen molar-refractivity contribution >= 4 is 9.84 Å². The van der Waals surface area contributed by atoms with Crippen LogP contribution in [0.25, 0.3) is 0 Å². The van der Waals surface area contributed by atoms with Crippen LogP contribution in [0.15, 0.2) is 18.2 Å². The van der Waals surface area contributed by atoms with Gasteiger partial charge in [0, 0.05) is 12.3 Å². The van der Waals surface area contributed by atoms with E-state index in [1.54, 1.807) is 6.92 Å².